The second kappa shape index (κ2) is 8.97. The van der Waals surface area contributed by atoms with E-state index in [-0.39, 0.29) is 27.5 Å². The molecule has 154 valence electrons. The number of carbonyl (C=O) groups is 2. The number of anilines is 1. The van der Waals surface area contributed by atoms with Gasteiger partial charge in [0, 0.05) is 15.7 Å². The maximum Gasteiger partial charge on any atom is 0.273 e. The summed E-state index contributed by atoms with van der Waals surface area (Å²) in [5.41, 5.74) is 4.70. The van der Waals surface area contributed by atoms with Gasteiger partial charge in [-0.15, -0.1) is 0 Å². The van der Waals surface area contributed by atoms with Crippen LogP contribution in [-0.4, -0.2) is 25.3 Å². The van der Waals surface area contributed by atoms with Crippen molar-refractivity contribution in [1.29, 1.82) is 0 Å². The van der Waals surface area contributed by atoms with Crippen molar-refractivity contribution in [2.75, 3.05) is 4.72 Å². The van der Waals surface area contributed by atoms with E-state index in [1.807, 2.05) is 0 Å². The van der Waals surface area contributed by atoms with Crippen LogP contribution >= 0.6 is 15.9 Å². The van der Waals surface area contributed by atoms with Crippen LogP contribution in [0, 0.1) is 0 Å². The molecule has 3 aromatic rings. The van der Waals surface area contributed by atoms with Crippen molar-refractivity contribution < 1.29 is 23.1 Å². The zero-order valence-corrected chi connectivity index (χ0v) is 17.7. The van der Waals surface area contributed by atoms with Crippen molar-refractivity contribution >= 4 is 43.5 Å². The van der Waals surface area contributed by atoms with Crippen LogP contribution in [0.1, 0.15) is 20.7 Å². The maximum atomic E-state index is 12.5. The molecule has 0 radical (unpaired) electrons. The summed E-state index contributed by atoms with van der Waals surface area (Å²) in [7, 11) is -3.84. The highest BCUT2D eigenvalue weighted by molar-refractivity contribution is 9.10. The standard InChI is InChI=1S/C20H16BrN3O5S/c21-14-8-10-16(11-9-14)30(28,29)24-15-5-3-4-13(12-15)19(26)22-23-20(27)17-6-1-2-7-18(17)25/h1-12,24-25H,(H,22,26)(H,23,27). The maximum absolute atomic E-state index is 12.5. The molecule has 0 spiro atoms. The number of hydrogen-bond acceptors (Lipinski definition) is 5. The van der Waals surface area contributed by atoms with Gasteiger partial charge in [-0.2, -0.15) is 0 Å². The van der Waals surface area contributed by atoms with E-state index < -0.39 is 21.8 Å². The number of para-hydroxylation sites is 1. The molecule has 30 heavy (non-hydrogen) atoms. The van der Waals surface area contributed by atoms with Gasteiger partial charge in [0.05, 0.1) is 10.5 Å². The summed E-state index contributed by atoms with van der Waals surface area (Å²) in [5.74, 6) is -1.59. The van der Waals surface area contributed by atoms with Crippen molar-refractivity contribution in [2.24, 2.45) is 0 Å². The average Bonchev–Trinajstić information content (AvgIpc) is 2.72. The second-order valence-corrected chi connectivity index (χ2v) is 8.66. The van der Waals surface area contributed by atoms with E-state index in [9.17, 15) is 23.1 Å². The molecule has 3 rings (SSSR count). The number of hydrazine groups is 1. The van der Waals surface area contributed by atoms with E-state index in [1.165, 1.54) is 48.5 Å². The number of amides is 2. The van der Waals surface area contributed by atoms with Gasteiger partial charge in [0.25, 0.3) is 21.8 Å². The molecule has 0 aliphatic rings. The Labute approximate surface area is 181 Å². The van der Waals surface area contributed by atoms with E-state index in [0.717, 1.165) is 4.47 Å². The monoisotopic (exact) mass is 489 g/mol. The van der Waals surface area contributed by atoms with E-state index >= 15 is 0 Å². The minimum atomic E-state index is -3.84. The van der Waals surface area contributed by atoms with Crippen molar-refractivity contribution in [2.45, 2.75) is 4.90 Å². The Hall–Kier alpha value is -3.37. The molecule has 0 saturated heterocycles. The zero-order chi connectivity index (χ0) is 21.7. The van der Waals surface area contributed by atoms with Gasteiger partial charge in [-0.1, -0.05) is 34.1 Å². The van der Waals surface area contributed by atoms with Crippen molar-refractivity contribution in [3.8, 4) is 5.75 Å². The number of halogens is 1. The Kier molecular flexibility index (Phi) is 6.38. The fraction of sp³-hybridized carbons (Fsp3) is 0. The summed E-state index contributed by atoms with van der Waals surface area (Å²) in [5, 5.41) is 9.68. The smallest absolute Gasteiger partial charge is 0.273 e. The average molecular weight is 490 g/mol. The number of aromatic hydroxyl groups is 1. The first-order valence-electron chi connectivity index (χ1n) is 8.53. The lowest BCUT2D eigenvalue weighted by Gasteiger charge is -2.11. The molecule has 0 bridgehead atoms. The number of rotatable bonds is 5. The summed E-state index contributed by atoms with van der Waals surface area (Å²) < 4.78 is 28.1. The topological polar surface area (TPSA) is 125 Å². The van der Waals surface area contributed by atoms with Crippen molar-refractivity contribution in [1.82, 2.24) is 10.9 Å². The predicted octanol–water partition coefficient (Wildman–Crippen LogP) is 3.03. The first kappa shape index (κ1) is 21.3. The normalized spacial score (nSPS) is 10.8. The Bertz CT molecular complexity index is 1200. The van der Waals surface area contributed by atoms with Gasteiger partial charge in [0.15, 0.2) is 0 Å². The lowest BCUT2D eigenvalue weighted by atomic mass is 10.2. The van der Waals surface area contributed by atoms with Gasteiger partial charge < -0.3 is 5.11 Å². The molecule has 0 heterocycles. The molecule has 0 fully saturated rings. The zero-order valence-electron chi connectivity index (χ0n) is 15.3. The molecule has 0 aromatic heterocycles. The van der Waals surface area contributed by atoms with Crippen LogP contribution in [0.15, 0.2) is 82.2 Å². The molecule has 0 atom stereocenters. The van der Waals surface area contributed by atoms with Gasteiger partial charge in [-0.25, -0.2) is 8.42 Å². The highest BCUT2D eigenvalue weighted by Gasteiger charge is 2.16. The first-order valence-corrected chi connectivity index (χ1v) is 10.8. The van der Waals surface area contributed by atoms with E-state index in [2.05, 4.69) is 31.5 Å². The molecule has 8 nitrogen and oxygen atoms in total. The highest BCUT2D eigenvalue weighted by atomic mass is 79.9. The number of carbonyl (C=O) groups excluding carboxylic acids is 2. The van der Waals surface area contributed by atoms with Crippen molar-refractivity contribution in [3.05, 3.63) is 88.4 Å². The minimum Gasteiger partial charge on any atom is -0.507 e. The van der Waals surface area contributed by atoms with Gasteiger partial charge in [0.1, 0.15) is 5.75 Å². The predicted molar refractivity (Wildman–Crippen MR) is 114 cm³/mol. The number of phenols is 1. The molecular weight excluding hydrogens is 474 g/mol. The third-order valence-electron chi connectivity index (χ3n) is 3.94. The molecule has 0 saturated carbocycles. The summed E-state index contributed by atoms with van der Waals surface area (Å²) in [6.07, 6.45) is 0. The van der Waals surface area contributed by atoms with Crippen molar-refractivity contribution in [3.63, 3.8) is 0 Å². The van der Waals surface area contributed by atoms with E-state index in [4.69, 9.17) is 0 Å². The molecule has 4 N–H and O–H groups in total. The van der Waals surface area contributed by atoms with Crippen LogP contribution in [0.3, 0.4) is 0 Å². The van der Waals surface area contributed by atoms with Crippen LogP contribution in [0.25, 0.3) is 0 Å². The lowest BCUT2D eigenvalue weighted by molar-refractivity contribution is 0.0845. The number of phenolic OH excluding ortho intramolecular Hbond substituents is 1. The van der Waals surface area contributed by atoms with Crippen LogP contribution < -0.4 is 15.6 Å². The molecule has 0 aliphatic carbocycles. The quantitative estimate of drug-likeness (QED) is 0.410. The van der Waals surface area contributed by atoms with Gasteiger partial charge in [-0.05, 0) is 54.6 Å². The molecular formula is C20H16BrN3O5S. The van der Waals surface area contributed by atoms with Crippen LogP contribution in [0.5, 0.6) is 5.75 Å². The summed E-state index contributed by atoms with van der Waals surface area (Å²) in [4.78, 5) is 24.4. The highest BCUT2D eigenvalue weighted by Crippen LogP contribution is 2.19. The number of sulfonamides is 1. The Balaban J connectivity index is 1.69. The Morgan fingerprint density at radius 1 is 0.833 bits per heavy atom. The summed E-state index contributed by atoms with van der Waals surface area (Å²) in [6.45, 7) is 0. The Morgan fingerprint density at radius 2 is 1.50 bits per heavy atom. The number of hydrogen-bond donors (Lipinski definition) is 4. The molecule has 2 amide bonds. The lowest BCUT2D eigenvalue weighted by Crippen LogP contribution is -2.41. The molecule has 10 heteroatoms. The third kappa shape index (κ3) is 5.16. The number of nitrogens with one attached hydrogen (secondary N) is 3. The van der Waals surface area contributed by atoms with E-state index in [0.29, 0.717) is 0 Å². The van der Waals surface area contributed by atoms with E-state index in [1.54, 1.807) is 24.3 Å². The molecule has 0 unspecified atom stereocenters. The van der Waals surface area contributed by atoms with Crippen LogP contribution in [-0.2, 0) is 10.0 Å². The minimum absolute atomic E-state index is 0.00573. The first-order chi connectivity index (χ1) is 14.3. The van der Waals surface area contributed by atoms with Gasteiger partial charge in [0.2, 0.25) is 0 Å². The fourth-order valence-electron chi connectivity index (χ4n) is 2.47. The second-order valence-electron chi connectivity index (χ2n) is 6.07. The van der Waals surface area contributed by atoms with Gasteiger partial charge in [-0.3, -0.25) is 25.2 Å². The summed E-state index contributed by atoms with van der Waals surface area (Å²) >= 11 is 3.24. The molecule has 3 aromatic carbocycles. The van der Waals surface area contributed by atoms with Crippen LogP contribution in [0.2, 0.25) is 0 Å². The molecule has 0 aliphatic heterocycles. The fourth-order valence-corrected chi connectivity index (χ4v) is 3.78. The van der Waals surface area contributed by atoms with Crippen LogP contribution in [0.4, 0.5) is 5.69 Å². The SMILES string of the molecule is O=C(NNC(=O)c1ccccc1O)c1cccc(NS(=O)(=O)c2ccc(Br)cc2)c1. The number of benzene rings is 3. The van der Waals surface area contributed by atoms with Gasteiger partial charge >= 0.3 is 0 Å². The third-order valence-corrected chi connectivity index (χ3v) is 5.87. The Morgan fingerprint density at radius 3 is 2.20 bits per heavy atom. The largest absolute Gasteiger partial charge is 0.507 e. The summed E-state index contributed by atoms with van der Waals surface area (Å²) in [6, 6.07) is 17.7.